The van der Waals surface area contributed by atoms with Gasteiger partial charge in [-0.1, -0.05) is 19.9 Å². The molecule has 0 fully saturated rings. The van der Waals surface area contributed by atoms with Crippen molar-refractivity contribution in [1.29, 1.82) is 0 Å². The van der Waals surface area contributed by atoms with Crippen LogP contribution in [-0.4, -0.2) is 21.3 Å². The van der Waals surface area contributed by atoms with Crippen molar-refractivity contribution < 1.29 is 4.74 Å². The molecule has 0 saturated heterocycles. The molecule has 0 bridgehead atoms. The summed E-state index contributed by atoms with van der Waals surface area (Å²) in [6, 6.07) is 3.98. The topological polar surface area (TPSA) is 52.0 Å². The number of pyridine rings is 1. The van der Waals surface area contributed by atoms with E-state index in [2.05, 4.69) is 35.3 Å². The van der Waals surface area contributed by atoms with Crippen LogP contribution in [0.15, 0.2) is 24.5 Å². The Morgan fingerprint density at radius 2 is 2.10 bits per heavy atom. The highest BCUT2D eigenvalue weighted by Gasteiger charge is 2.05. The molecule has 5 nitrogen and oxygen atoms in total. The van der Waals surface area contributed by atoms with Crippen molar-refractivity contribution in [2.24, 2.45) is 0 Å². The number of ether oxygens (including phenoxy) is 1. The van der Waals surface area contributed by atoms with Crippen LogP contribution in [0.3, 0.4) is 0 Å². The fourth-order valence-corrected chi connectivity index (χ4v) is 2.08. The zero-order chi connectivity index (χ0) is 15.1. The van der Waals surface area contributed by atoms with Crippen molar-refractivity contribution >= 4 is 0 Å². The number of hydrogen-bond donors (Lipinski definition) is 1. The number of nitrogens with zero attached hydrogens (tertiary/aromatic N) is 3. The molecule has 0 spiro atoms. The van der Waals surface area contributed by atoms with Crippen LogP contribution < -0.4 is 10.1 Å². The number of aromatic nitrogens is 3. The van der Waals surface area contributed by atoms with Crippen LogP contribution in [0.4, 0.5) is 0 Å². The molecule has 1 N–H and O–H groups in total. The summed E-state index contributed by atoms with van der Waals surface area (Å²) in [4.78, 5) is 4.50. The molecule has 0 saturated carbocycles. The van der Waals surface area contributed by atoms with E-state index in [9.17, 15) is 0 Å². The zero-order valence-electron chi connectivity index (χ0n) is 13.1. The molecule has 0 aliphatic heterocycles. The first-order valence-electron chi connectivity index (χ1n) is 7.60. The molecule has 5 heteroatoms. The Hall–Kier alpha value is -1.88. The van der Waals surface area contributed by atoms with Gasteiger partial charge < -0.3 is 10.1 Å². The number of rotatable bonds is 8. The maximum absolute atomic E-state index is 5.75. The van der Waals surface area contributed by atoms with Gasteiger partial charge in [-0.3, -0.25) is 4.68 Å². The van der Waals surface area contributed by atoms with Gasteiger partial charge >= 0.3 is 0 Å². The fourth-order valence-electron chi connectivity index (χ4n) is 2.08. The monoisotopic (exact) mass is 288 g/mol. The van der Waals surface area contributed by atoms with Crippen molar-refractivity contribution in [2.75, 3.05) is 6.54 Å². The van der Waals surface area contributed by atoms with Crippen molar-refractivity contribution in [2.45, 2.75) is 46.7 Å². The Bertz CT molecular complexity index is 565. The predicted molar refractivity (Wildman–Crippen MR) is 83.6 cm³/mol. The maximum Gasteiger partial charge on any atom is 0.219 e. The minimum absolute atomic E-state index is 0.614. The van der Waals surface area contributed by atoms with Gasteiger partial charge in [-0.05, 0) is 31.9 Å². The highest BCUT2D eigenvalue weighted by molar-refractivity contribution is 5.28. The van der Waals surface area contributed by atoms with E-state index >= 15 is 0 Å². The quantitative estimate of drug-likeness (QED) is 0.757. The Morgan fingerprint density at radius 1 is 1.24 bits per heavy atom. The lowest BCUT2D eigenvalue weighted by Crippen LogP contribution is -2.15. The van der Waals surface area contributed by atoms with E-state index in [1.807, 2.05) is 23.9 Å². The van der Waals surface area contributed by atoms with Crippen molar-refractivity contribution in [1.82, 2.24) is 20.1 Å². The number of hydrogen-bond acceptors (Lipinski definition) is 4. The summed E-state index contributed by atoms with van der Waals surface area (Å²) >= 11 is 0. The van der Waals surface area contributed by atoms with Crippen LogP contribution in [-0.2, 0) is 13.1 Å². The van der Waals surface area contributed by atoms with E-state index < -0.39 is 0 Å². The molecule has 2 heterocycles. The van der Waals surface area contributed by atoms with E-state index in [0.717, 1.165) is 43.9 Å². The Labute approximate surface area is 126 Å². The third-order valence-electron chi connectivity index (χ3n) is 3.20. The second kappa shape index (κ2) is 7.78. The van der Waals surface area contributed by atoms with Gasteiger partial charge in [-0.15, -0.1) is 0 Å². The summed E-state index contributed by atoms with van der Waals surface area (Å²) in [5, 5.41) is 7.63. The highest BCUT2D eigenvalue weighted by atomic mass is 16.5. The zero-order valence-corrected chi connectivity index (χ0v) is 13.1. The second-order valence-corrected chi connectivity index (χ2v) is 5.11. The molecular formula is C16H24N4O. The normalized spacial score (nSPS) is 10.8. The summed E-state index contributed by atoms with van der Waals surface area (Å²) in [6.07, 6.45) is 5.81. The number of nitrogens with one attached hydrogen (secondary N) is 1. The van der Waals surface area contributed by atoms with Crippen LogP contribution in [0.2, 0.25) is 0 Å². The first-order chi connectivity index (χ1) is 10.2. The second-order valence-electron chi connectivity index (χ2n) is 5.11. The third kappa shape index (κ3) is 4.56. The summed E-state index contributed by atoms with van der Waals surface area (Å²) in [7, 11) is 0. The van der Waals surface area contributed by atoms with Crippen LogP contribution in [0.1, 0.15) is 37.9 Å². The number of aryl methyl sites for hydroxylation is 2. The van der Waals surface area contributed by atoms with Gasteiger partial charge in [0.25, 0.3) is 0 Å². The molecule has 0 atom stereocenters. The van der Waals surface area contributed by atoms with E-state index in [4.69, 9.17) is 4.74 Å². The molecule has 0 aromatic carbocycles. The van der Waals surface area contributed by atoms with Crippen molar-refractivity contribution in [3.8, 4) is 11.6 Å². The first kappa shape index (κ1) is 15.5. The Morgan fingerprint density at radius 3 is 2.81 bits per heavy atom. The Kier molecular flexibility index (Phi) is 5.75. The van der Waals surface area contributed by atoms with Crippen LogP contribution in [0.5, 0.6) is 11.6 Å². The van der Waals surface area contributed by atoms with E-state index in [1.54, 1.807) is 6.20 Å². The van der Waals surface area contributed by atoms with Gasteiger partial charge in [-0.25, -0.2) is 4.98 Å². The Balaban J connectivity index is 1.98. The molecule has 0 aliphatic carbocycles. The standard InChI is InChI=1S/C16H24N4O/c1-4-8-17-10-14-6-7-16(19-13(14)3)21-15-11-18-20(12-15)9-5-2/h6-7,11-12,17H,4-5,8-10H2,1-3H3. The molecular weight excluding hydrogens is 264 g/mol. The first-order valence-corrected chi connectivity index (χ1v) is 7.60. The molecule has 0 radical (unpaired) electrons. The van der Waals surface area contributed by atoms with Gasteiger partial charge in [0.1, 0.15) is 0 Å². The predicted octanol–water partition coefficient (Wildman–Crippen LogP) is 3.29. The van der Waals surface area contributed by atoms with E-state index in [-0.39, 0.29) is 0 Å². The maximum atomic E-state index is 5.75. The lowest BCUT2D eigenvalue weighted by molar-refractivity contribution is 0.459. The summed E-state index contributed by atoms with van der Waals surface area (Å²) in [5.74, 6) is 1.34. The van der Waals surface area contributed by atoms with Gasteiger partial charge in [-0.2, -0.15) is 5.10 Å². The largest absolute Gasteiger partial charge is 0.436 e. The van der Waals surface area contributed by atoms with Crippen molar-refractivity contribution in [3.05, 3.63) is 35.8 Å². The van der Waals surface area contributed by atoms with Gasteiger partial charge in [0, 0.05) is 24.8 Å². The molecule has 2 aromatic heterocycles. The lowest BCUT2D eigenvalue weighted by Gasteiger charge is -2.08. The summed E-state index contributed by atoms with van der Waals surface area (Å²) in [5.41, 5.74) is 2.20. The van der Waals surface area contributed by atoms with E-state index in [1.165, 1.54) is 5.56 Å². The summed E-state index contributed by atoms with van der Waals surface area (Å²) in [6.45, 7) is 9.07. The SMILES string of the molecule is CCCNCc1ccc(Oc2cnn(CCC)c2)nc1C. The third-order valence-corrected chi connectivity index (χ3v) is 3.20. The van der Waals surface area contributed by atoms with Gasteiger partial charge in [0.15, 0.2) is 5.75 Å². The molecule has 0 unspecified atom stereocenters. The van der Waals surface area contributed by atoms with Crippen molar-refractivity contribution in [3.63, 3.8) is 0 Å². The lowest BCUT2D eigenvalue weighted by atomic mass is 10.2. The molecule has 2 aromatic rings. The molecule has 0 amide bonds. The average molecular weight is 288 g/mol. The minimum Gasteiger partial charge on any atom is -0.436 e. The van der Waals surface area contributed by atoms with Crippen LogP contribution >= 0.6 is 0 Å². The van der Waals surface area contributed by atoms with Crippen LogP contribution in [0, 0.1) is 6.92 Å². The molecule has 2 rings (SSSR count). The molecule has 21 heavy (non-hydrogen) atoms. The molecule has 0 aliphatic rings. The minimum atomic E-state index is 0.614. The highest BCUT2D eigenvalue weighted by Crippen LogP contribution is 2.20. The average Bonchev–Trinajstić information content (AvgIpc) is 2.89. The fraction of sp³-hybridized carbons (Fsp3) is 0.500. The van der Waals surface area contributed by atoms with Gasteiger partial charge in [0.2, 0.25) is 5.88 Å². The smallest absolute Gasteiger partial charge is 0.219 e. The van der Waals surface area contributed by atoms with Crippen LogP contribution in [0.25, 0.3) is 0 Å². The van der Waals surface area contributed by atoms with E-state index in [0.29, 0.717) is 5.88 Å². The van der Waals surface area contributed by atoms with Gasteiger partial charge in [0.05, 0.1) is 12.4 Å². The molecule has 114 valence electrons. The summed E-state index contributed by atoms with van der Waals surface area (Å²) < 4.78 is 7.63.